The van der Waals surface area contributed by atoms with Gasteiger partial charge in [0.15, 0.2) is 0 Å². The Bertz CT molecular complexity index is 670. The van der Waals surface area contributed by atoms with Gasteiger partial charge >= 0.3 is 5.97 Å². The van der Waals surface area contributed by atoms with E-state index in [1.54, 1.807) is 0 Å². The molecule has 1 N–H and O–H groups in total. The van der Waals surface area contributed by atoms with Crippen molar-refractivity contribution in [1.82, 2.24) is 4.90 Å². The minimum atomic E-state index is -1.06. The van der Waals surface area contributed by atoms with Crippen LogP contribution in [-0.4, -0.2) is 27.9 Å². The summed E-state index contributed by atoms with van der Waals surface area (Å²) in [7, 11) is 0. The molecule has 2 aromatic carbocycles. The van der Waals surface area contributed by atoms with Crippen LogP contribution in [0.25, 0.3) is 0 Å². The van der Waals surface area contributed by atoms with E-state index in [1.165, 1.54) is 36.1 Å². The van der Waals surface area contributed by atoms with E-state index in [2.05, 4.69) is 0 Å². The molecule has 0 aliphatic heterocycles. The van der Waals surface area contributed by atoms with Gasteiger partial charge in [0.05, 0.1) is 6.42 Å². The van der Waals surface area contributed by atoms with Crippen LogP contribution in [0.5, 0.6) is 0 Å². The lowest BCUT2D eigenvalue weighted by molar-refractivity contribution is -0.149. The highest BCUT2D eigenvalue weighted by Gasteiger charge is 2.25. The second kappa shape index (κ2) is 7.54. The van der Waals surface area contributed by atoms with Crippen molar-refractivity contribution in [2.24, 2.45) is 0 Å². The molecule has 2 aromatic rings. The molecule has 1 atom stereocenters. The Kier molecular flexibility index (Phi) is 5.46. The Labute approximate surface area is 134 Å². The average molecular weight is 315 g/mol. The lowest BCUT2D eigenvalue weighted by atomic mass is 10.1. The molecule has 0 fully saturated rings. The van der Waals surface area contributed by atoms with E-state index in [-0.39, 0.29) is 24.7 Å². The number of aliphatic carboxylic acids is 1. The number of hydrogen-bond acceptors (Lipinski definition) is 2. The summed E-state index contributed by atoms with van der Waals surface area (Å²) in [4.78, 5) is 25.1. The van der Waals surface area contributed by atoms with Gasteiger partial charge in [0.2, 0.25) is 5.91 Å². The number of hydrogen-bond donors (Lipinski definition) is 1. The Morgan fingerprint density at radius 3 is 2.22 bits per heavy atom. The molecule has 0 radical (unpaired) electrons. The summed E-state index contributed by atoms with van der Waals surface area (Å²) in [6.07, 6.45) is 0.0325. The molecular formula is C18H18FNO3. The quantitative estimate of drug-likeness (QED) is 0.892. The van der Waals surface area contributed by atoms with Crippen LogP contribution in [0.15, 0.2) is 54.6 Å². The summed E-state index contributed by atoms with van der Waals surface area (Å²) in [5.74, 6) is -1.75. The number of halogens is 1. The van der Waals surface area contributed by atoms with Crippen LogP contribution in [0, 0.1) is 5.82 Å². The number of carboxylic acid groups (broad SMARTS) is 1. The number of rotatable bonds is 6. The maximum absolute atomic E-state index is 12.9. The van der Waals surface area contributed by atoms with Gasteiger partial charge in [0, 0.05) is 6.54 Å². The molecule has 4 nitrogen and oxygen atoms in total. The lowest BCUT2D eigenvalue weighted by Gasteiger charge is -2.27. The van der Waals surface area contributed by atoms with Crippen LogP contribution >= 0.6 is 0 Å². The summed E-state index contributed by atoms with van der Waals surface area (Å²) >= 11 is 0. The molecule has 0 aromatic heterocycles. The van der Waals surface area contributed by atoms with Crippen LogP contribution in [0.4, 0.5) is 4.39 Å². The predicted molar refractivity (Wildman–Crippen MR) is 84.2 cm³/mol. The highest BCUT2D eigenvalue weighted by molar-refractivity contribution is 5.84. The molecule has 0 heterocycles. The standard InChI is InChI=1S/C18H18FNO3/c1-13(18(22)23)20(12-15-5-3-2-4-6-15)17(21)11-14-7-9-16(19)10-8-14/h2-10,13H,11-12H2,1H3,(H,22,23). The molecule has 1 amide bonds. The molecule has 0 aliphatic rings. The first-order valence-corrected chi connectivity index (χ1v) is 7.28. The van der Waals surface area contributed by atoms with Crippen molar-refractivity contribution in [3.05, 3.63) is 71.5 Å². The zero-order valence-electron chi connectivity index (χ0n) is 12.8. The van der Waals surface area contributed by atoms with E-state index >= 15 is 0 Å². The molecule has 5 heteroatoms. The Hall–Kier alpha value is -2.69. The zero-order chi connectivity index (χ0) is 16.8. The van der Waals surface area contributed by atoms with E-state index in [4.69, 9.17) is 0 Å². The number of carbonyl (C=O) groups excluding carboxylic acids is 1. The Morgan fingerprint density at radius 1 is 1.04 bits per heavy atom. The highest BCUT2D eigenvalue weighted by Crippen LogP contribution is 2.12. The molecule has 120 valence electrons. The van der Waals surface area contributed by atoms with E-state index < -0.39 is 12.0 Å². The number of carbonyl (C=O) groups is 2. The number of amides is 1. The Balaban J connectivity index is 2.16. The van der Waals surface area contributed by atoms with Crippen LogP contribution in [-0.2, 0) is 22.6 Å². The van der Waals surface area contributed by atoms with Gasteiger partial charge in [-0.1, -0.05) is 42.5 Å². The fraction of sp³-hybridized carbons (Fsp3) is 0.222. The predicted octanol–water partition coefficient (Wildman–Crippen LogP) is 2.87. The number of benzene rings is 2. The van der Waals surface area contributed by atoms with Gasteiger partial charge in [0.1, 0.15) is 11.9 Å². The number of carboxylic acids is 1. The maximum Gasteiger partial charge on any atom is 0.326 e. The molecular weight excluding hydrogens is 297 g/mol. The number of nitrogens with zero attached hydrogens (tertiary/aromatic N) is 1. The molecule has 0 aliphatic carbocycles. The molecule has 0 saturated carbocycles. The third-order valence-corrected chi connectivity index (χ3v) is 3.61. The lowest BCUT2D eigenvalue weighted by Crippen LogP contribution is -2.43. The average Bonchev–Trinajstić information content (AvgIpc) is 2.55. The van der Waals surface area contributed by atoms with Crippen LogP contribution in [0.1, 0.15) is 18.1 Å². The SMILES string of the molecule is CC(C(=O)O)N(Cc1ccccc1)C(=O)Cc1ccc(F)cc1. The topological polar surface area (TPSA) is 57.6 Å². The summed E-state index contributed by atoms with van der Waals surface area (Å²) < 4.78 is 12.9. The van der Waals surface area contributed by atoms with Crippen LogP contribution < -0.4 is 0 Å². The van der Waals surface area contributed by atoms with Gasteiger partial charge in [-0.25, -0.2) is 9.18 Å². The molecule has 1 unspecified atom stereocenters. The smallest absolute Gasteiger partial charge is 0.326 e. The molecule has 0 spiro atoms. The van der Waals surface area contributed by atoms with E-state index in [0.717, 1.165) is 5.56 Å². The van der Waals surface area contributed by atoms with Crippen molar-refractivity contribution in [2.75, 3.05) is 0 Å². The fourth-order valence-electron chi connectivity index (χ4n) is 2.23. The van der Waals surface area contributed by atoms with Gasteiger partial charge in [-0.2, -0.15) is 0 Å². The van der Waals surface area contributed by atoms with Crippen LogP contribution in [0.3, 0.4) is 0 Å². The van der Waals surface area contributed by atoms with Crippen molar-refractivity contribution in [3.63, 3.8) is 0 Å². The molecule has 2 rings (SSSR count). The van der Waals surface area contributed by atoms with Crippen molar-refractivity contribution in [1.29, 1.82) is 0 Å². The highest BCUT2D eigenvalue weighted by atomic mass is 19.1. The van der Waals surface area contributed by atoms with Gasteiger partial charge < -0.3 is 10.0 Å². The second-order valence-electron chi connectivity index (χ2n) is 5.32. The van der Waals surface area contributed by atoms with Gasteiger partial charge in [-0.15, -0.1) is 0 Å². The van der Waals surface area contributed by atoms with Gasteiger partial charge in [0.25, 0.3) is 0 Å². The molecule has 23 heavy (non-hydrogen) atoms. The normalized spacial score (nSPS) is 11.7. The summed E-state index contributed by atoms with van der Waals surface area (Å²) in [6.45, 7) is 1.70. The summed E-state index contributed by atoms with van der Waals surface area (Å²) in [5.41, 5.74) is 1.50. The molecule has 0 saturated heterocycles. The Morgan fingerprint density at radius 2 is 1.65 bits per heavy atom. The van der Waals surface area contributed by atoms with Crippen molar-refractivity contribution in [2.45, 2.75) is 25.9 Å². The van der Waals surface area contributed by atoms with Crippen molar-refractivity contribution >= 4 is 11.9 Å². The minimum Gasteiger partial charge on any atom is -0.480 e. The van der Waals surface area contributed by atoms with E-state index in [0.29, 0.717) is 5.56 Å². The fourth-order valence-corrected chi connectivity index (χ4v) is 2.23. The van der Waals surface area contributed by atoms with Crippen LogP contribution in [0.2, 0.25) is 0 Å². The largest absolute Gasteiger partial charge is 0.480 e. The van der Waals surface area contributed by atoms with Crippen molar-refractivity contribution < 1.29 is 19.1 Å². The third-order valence-electron chi connectivity index (χ3n) is 3.61. The van der Waals surface area contributed by atoms with Gasteiger partial charge in [-0.3, -0.25) is 4.79 Å². The first kappa shape index (κ1) is 16.7. The first-order valence-electron chi connectivity index (χ1n) is 7.28. The van der Waals surface area contributed by atoms with Crippen molar-refractivity contribution in [3.8, 4) is 0 Å². The second-order valence-corrected chi connectivity index (χ2v) is 5.32. The van der Waals surface area contributed by atoms with Gasteiger partial charge in [-0.05, 0) is 30.2 Å². The summed E-state index contributed by atoms with van der Waals surface area (Å²) in [6, 6.07) is 13.9. The third kappa shape index (κ3) is 4.64. The van der Waals surface area contributed by atoms with E-state index in [9.17, 15) is 19.1 Å². The molecule has 0 bridgehead atoms. The van der Waals surface area contributed by atoms with E-state index in [1.807, 2.05) is 30.3 Å². The monoisotopic (exact) mass is 315 g/mol. The first-order chi connectivity index (χ1) is 11.0. The maximum atomic E-state index is 12.9. The zero-order valence-corrected chi connectivity index (χ0v) is 12.8. The summed E-state index contributed by atoms with van der Waals surface area (Å²) in [5, 5.41) is 9.24. The minimum absolute atomic E-state index is 0.0325.